The Morgan fingerprint density at radius 1 is 1.50 bits per heavy atom. The number of carbonyl (C=O) groups excluding carboxylic acids is 1. The molecular weight excluding hydrogens is 239 g/mol. The summed E-state index contributed by atoms with van der Waals surface area (Å²) < 4.78 is 13.1. The molecule has 1 aliphatic rings. The van der Waals surface area contributed by atoms with E-state index in [-0.39, 0.29) is 18.0 Å². The van der Waals surface area contributed by atoms with Crippen molar-refractivity contribution in [2.24, 2.45) is 0 Å². The molecule has 2 N–H and O–H groups in total. The zero-order chi connectivity index (χ0) is 13.1. The van der Waals surface area contributed by atoms with Crippen molar-refractivity contribution < 1.29 is 19.1 Å². The van der Waals surface area contributed by atoms with Gasteiger partial charge in [-0.3, -0.25) is 4.79 Å². The number of benzene rings is 1. The van der Waals surface area contributed by atoms with E-state index in [1.807, 2.05) is 0 Å². The number of nitrogens with one attached hydrogen (secondary N) is 1. The van der Waals surface area contributed by atoms with Crippen LogP contribution in [-0.4, -0.2) is 41.5 Å². The summed E-state index contributed by atoms with van der Waals surface area (Å²) in [5.41, 5.74) is 0.276. The number of halogens is 1. The zero-order valence-electron chi connectivity index (χ0n) is 9.60. The summed E-state index contributed by atoms with van der Waals surface area (Å²) in [7, 11) is 0. The van der Waals surface area contributed by atoms with Crippen molar-refractivity contribution in [2.75, 3.05) is 19.6 Å². The Hall–Kier alpha value is -1.95. The summed E-state index contributed by atoms with van der Waals surface area (Å²) in [6.07, 6.45) is 0. The Balaban J connectivity index is 2.33. The van der Waals surface area contributed by atoms with Crippen LogP contribution >= 0.6 is 0 Å². The zero-order valence-corrected chi connectivity index (χ0v) is 9.60. The smallest absolute Gasteiger partial charge is 0.331 e. The van der Waals surface area contributed by atoms with E-state index in [9.17, 15) is 19.1 Å². The molecule has 0 bridgehead atoms. The minimum atomic E-state index is -1.16. The Kier molecular flexibility index (Phi) is 3.57. The van der Waals surface area contributed by atoms with E-state index in [1.165, 1.54) is 23.1 Å². The van der Waals surface area contributed by atoms with Crippen LogP contribution in [0.2, 0.25) is 0 Å². The third-order valence-corrected chi connectivity index (χ3v) is 2.84. The topological polar surface area (TPSA) is 69.6 Å². The number of carboxylic acids is 1. The van der Waals surface area contributed by atoms with Gasteiger partial charge in [-0.25, -0.2) is 9.18 Å². The minimum absolute atomic E-state index is 0.110. The molecule has 0 saturated carbocycles. The third-order valence-electron chi connectivity index (χ3n) is 2.84. The maximum Gasteiger partial charge on any atom is 0.331 e. The van der Waals surface area contributed by atoms with Crippen LogP contribution in [0.1, 0.15) is 11.6 Å². The SMILES string of the molecule is O=C(O)C(c1cccc(F)c1)N1CCNCC1=O. The Morgan fingerprint density at radius 3 is 2.89 bits per heavy atom. The molecule has 0 radical (unpaired) electrons. The molecule has 1 fully saturated rings. The lowest BCUT2D eigenvalue weighted by Gasteiger charge is -2.32. The number of aliphatic carboxylic acids is 1. The molecule has 1 saturated heterocycles. The van der Waals surface area contributed by atoms with Crippen molar-refractivity contribution in [1.29, 1.82) is 0 Å². The fraction of sp³-hybridized carbons (Fsp3) is 0.333. The first-order valence-electron chi connectivity index (χ1n) is 5.58. The van der Waals surface area contributed by atoms with Crippen molar-refractivity contribution in [3.63, 3.8) is 0 Å². The minimum Gasteiger partial charge on any atom is -0.479 e. The first-order valence-corrected chi connectivity index (χ1v) is 5.58. The quantitative estimate of drug-likeness (QED) is 0.816. The molecule has 1 aromatic rings. The van der Waals surface area contributed by atoms with Crippen LogP contribution < -0.4 is 5.32 Å². The monoisotopic (exact) mass is 252 g/mol. The van der Waals surface area contributed by atoms with E-state index < -0.39 is 17.8 Å². The highest BCUT2D eigenvalue weighted by atomic mass is 19.1. The van der Waals surface area contributed by atoms with Crippen molar-refractivity contribution >= 4 is 11.9 Å². The lowest BCUT2D eigenvalue weighted by atomic mass is 10.0. The summed E-state index contributed by atoms with van der Waals surface area (Å²) in [6.45, 7) is 0.941. The highest BCUT2D eigenvalue weighted by Crippen LogP contribution is 2.22. The number of carboxylic acid groups (broad SMARTS) is 1. The second kappa shape index (κ2) is 5.14. The number of nitrogens with zero attached hydrogens (tertiary/aromatic N) is 1. The van der Waals surface area contributed by atoms with Crippen LogP contribution in [0.5, 0.6) is 0 Å². The summed E-state index contributed by atoms with van der Waals surface area (Å²) in [5, 5.41) is 12.1. The van der Waals surface area contributed by atoms with Gasteiger partial charge in [-0.05, 0) is 17.7 Å². The molecule has 1 heterocycles. The number of hydrogen-bond acceptors (Lipinski definition) is 3. The van der Waals surface area contributed by atoms with Gasteiger partial charge in [-0.1, -0.05) is 12.1 Å². The Labute approximate surface area is 103 Å². The predicted octanol–water partition coefficient (Wildman–Crippen LogP) is 0.383. The van der Waals surface area contributed by atoms with Crippen molar-refractivity contribution in [3.05, 3.63) is 35.6 Å². The molecule has 18 heavy (non-hydrogen) atoms. The molecule has 1 unspecified atom stereocenters. The average Bonchev–Trinajstić information content (AvgIpc) is 2.32. The van der Waals surface area contributed by atoms with Crippen LogP contribution in [0.4, 0.5) is 4.39 Å². The Morgan fingerprint density at radius 2 is 2.28 bits per heavy atom. The van der Waals surface area contributed by atoms with Crippen LogP contribution in [0.15, 0.2) is 24.3 Å². The van der Waals surface area contributed by atoms with Crippen LogP contribution in [-0.2, 0) is 9.59 Å². The van der Waals surface area contributed by atoms with Gasteiger partial charge in [0, 0.05) is 13.1 Å². The first kappa shape index (κ1) is 12.5. The van der Waals surface area contributed by atoms with Crippen molar-refractivity contribution in [2.45, 2.75) is 6.04 Å². The van der Waals surface area contributed by atoms with E-state index in [0.717, 1.165) is 6.07 Å². The highest BCUT2D eigenvalue weighted by Gasteiger charge is 2.32. The summed E-state index contributed by atoms with van der Waals surface area (Å²) in [5.74, 6) is -1.96. The van der Waals surface area contributed by atoms with Crippen LogP contribution in [0, 0.1) is 5.82 Å². The van der Waals surface area contributed by atoms with Gasteiger partial charge in [0.25, 0.3) is 0 Å². The standard InChI is InChI=1S/C12H13FN2O3/c13-9-3-1-2-8(6-9)11(12(17)18)15-5-4-14-7-10(15)16/h1-3,6,11,14H,4-5,7H2,(H,17,18). The van der Waals surface area contributed by atoms with E-state index in [2.05, 4.69) is 5.32 Å². The van der Waals surface area contributed by atoms with Gasteiger partial charge in [0.2, 0.25) is 5.91 Å². The van der Waals surface area contributed by atoms with Gasteiger partial charge in [-0.15, -0.1) is 0 Å². The molecule has 5 nitrogen and oxygen atoms in total. The van der Waals surface area contributed by atoms with Crippen molar-refractivity contribution in [3.8, 4) is 0 Å². The van der Waals surface area contributed by atoms with Crippen LogP contribution in [0.3, 0.4) is 0 Å². The van der Waals surface area contributed by atoms with Gasteiger partial charge >= 0.3 is 5.97 Å². The second-order valence-electron chi connectivity index (χ2n) is 4.06. The van der Waals surface area contributed by atoms with Crippen molar-refractivity contribution in [1.82, 2.24) is 10.2 Å². The number of hydrogen-bond donors (Lipinski definition) is 2. The summed E-state index contributed by atoms with van der Waals surface area (Å²) in [4.78, 5) is 24.3. The molecule has 1 amide bonds. The van der Waals surface area contributed by atoms with E-state index >= 15 is 0 Å². The molecule has 96 valence electrons. The van der Waals surface area contributed by atoms with Gasteiger partial charge < -0.3 is 15.3 Å². The fourth-order valence-electron chi connectivity index (χ4n) is 2.03. The number of piperazine rings is 1. The normalized spacial score (nSPS) is 17.6. The maximum atomic E-state index is 13.1. The molecule has 2 rings (SSSR count). The van der Waals surface area contributed by atoms with E-state index in [1.54, 1.807) is 0 Å². The van der Waals surface area contributed by atoms with Gasteiger partial charge in [0.15, 0.2) is 6.04 Å². The number of rotatable bonds is 3. The molecular formula is C12H13FN2O3. The lowest BCUT2D eigenvalue weighted by Crippen LogP contribution is -2.51. The van der Waals surface area contributed by atoms with Gasteiger partial charge in [0.1, 0.15) is 5.82 Å². The molecule has 1 aliphatic heterocycles. The predicted molar refractivity (Wildman–Crippen MR) is 61.4 cm³/mol. The number of amides is 1. The van der Waals surface area contributed by atoms with Gasteiger partial charge in [0.05, 0.1) is 6.54 Å². The molecule has 1 atom stereocenters. The summed E-state index contributed by atoms with van der Waals surface area (Å²) >= 11 is 0. The lowest BCUT2D eigenvalue weighted by molar-refractivity contribution is -0.151. The fourth-order valence-corrected chi connectivity index (χ4v) is 2.03. The van der Waals surface area contributed by atoms with Gasteiger partial charge in [-0.2, -0.15) is 0 Å². The summed E-state index contributed by atoms with van der Waals surface area (Å²) in [6, 6.07) is 4.20. The first-order chi connectivity index (χ1) is 8.59. The van der Waals surface area contributed by atoms with Crippen LogP contribution in [0.25, 0.3) is 0 Å². The average molecular weight is 252 g/mol. The number of carbonyl (C=O) groups is 2. The molecule has 0 aromatic heterocycles. The molecule has 0 spiro atoms. The highest BCUT2D eigenvalue weighted by molar-refractivity contribution is 5.86. The van der Waals surface area contributed by atoms with E-state index in [0.29, 0.717) is 13.1 Å². The molecule has 1 aromatic carbocycles. The maximum absolute atomic E-state index is 13.1. The molecule has 6 heteroatoms. The molecule has 0 aliphatic carbocycles. The van der Waals surface area contributed by atoms with E-state index in [4.69, 9.17) is 0 Å². The Bertz CT molecular complexity index is 478. The largest absolute Gasteiger partial charge is 0.479 e. The third kappa shape index (κ3) is 2.48. The second-order valence-corrected chi connectivity index (χ2v) is 4.06.